The number of nitrogens with one attached hydrogen (secondary N) is 2. The quantitative estimate of drug-likeness (QED) is 0.409. The molecule has 0 saturated carbocycles. The minimum atomic E-state index is -0.687. The lowest BCUT2D eigenvalue weighted by atomic mass is 10.2. The molecule has 31 heavy (non-hydrogen) atoms. The number of nitrogens with zero attached hydrogens (tertiary/aromatic N) is 2. The number of hydrogen-bond donors (Lipinski definition) is 2. The van der Waals surface area contributed by atoms with Gasteiger partial charge in [-0.25, -0.2) is 9.07 Å². The van der Waals surface area contributed by atoms with Crippen molar-refractivity contribution in [3.05, 3.63) is 106 Å². The van der Waals surface area contributed by atoms with Gasteiger partial charge in [0, 0.05) is 10.2 Å². The highest BCUT2D eigenvalue weighted by atomic mass is 79.9. The minimum absolute atomic E-state index is 0.133. The molecule has 2 amide bonds. The topological polar surface area (TPSA) is 76.0 Å². The highest BCUT2D eigenvalue weighted by Crippen LogP contribution is 2.23. The molecule has 8 heteroatoms. The number of hydrogen-bond acceptors (Lipinski definition) is 3. The van der Waals surface area contributed by atoms with E-state index in [1.165, 1.54) is 29.1 Å². The first kappa shape index (κ1) is 20.5. The summed E-state index contributed by atoms with van der Waals surface area (Å²) in [5.74, 6) is -1.68. The van der Waals surface area contributed by atoms with Crippen LogP contribution < -0.4 is 10.6 Å². The molecule has 0 saturated heterocycles. The second-order valence-electron chi connectivity index (χ2n) is 6.55. The summed E-state index contributed by atoms with van der Waals surface area (Å²) in [6, 6.07) is 21.7. The number of rotatable bonds is 5. The van der Waals surface area contributed by atoms with Gasteiger partial charge in [0.1, 0.15) is 17.2 Å². The van der Waals surface area contributed by atoms with Crippen molar-refractivity contribution >= 4 is 39.2 Å². The molecule has 0 aliphatic heterocycles. The molecule has 4 rings (SSSR count). The lowest BCUT2D eigenvalue weighted by molar-refractivity contribution is 0.102. The van der Waals surface area contributed by atoms with Gasteiger partial charge >= 0.3 is 0 Å². The molecule has 0 radical (unpaired) electrons. The maximum absolute atomic E-state index is 14.1. The number of carbonyl (C=O) groups is 2. The van der Waals surface area contributed by atoms with E-state index < -0.39 is 17.6 Å². The normalized spacial score (nSPS) is 10.5. The first-order chi connectivity index (χ1) is 15.0. The third-order valence-electron chi connectivity index (χ3n) is 4.47. The summed E-state index contributed by atoms with van der Waals surface area (Å²) in [4.78, 5) is 25.7. The van der Waals surface area contributed by atoms with E-state index >= 15 is 0 Å². The number of benzene rings is 3. The van der Waals surface area contributed by atoms with Crippen LogP contribution in [0.2, 0.25) is 0 Å². The van der Waals surface area contributed by atoms with Crippen LogP contribution >= 0.6 is 15.9 Å². The van der Waals surface area contributed by atoms with Crippen LogP contribution in [-0.4, -0.2) is 21.6 Å². The van der Waals surface area contributed by atoms with Crippen molar-refractivity contribution in [1.29, 1.82) is 0 Å². The fourth-order valence-electron chi connectivity index (χ4n) is 2.95. The molecule has 0 unspecified atom stereocenters. The second-order valence-corrected chi connectivity index (χ2v) is 7.46. The van der Waals surface area contributed by atoms with Gasteiger partial charge in [-0.15, -0.1) is 0 Å². The van der Waals surface area contributed by atoms with Crippen molar-refractivity contribution in [3.8, 4) is 5.69 Å². The highest BCUT2D eigenvalue weighted by molar-refractivity contribution is 9.10. The zero-order valence-electron chi connectivity index (χ0n) is 16.0. The molecule has 0 aliphatic rings. The Kier molecular flexibility index (Phi) is 5.90. The predicted molar refractivity (Wildman–Crippen MR) is 120 cm³/mol. The Hall–Kier alpha value is -3.78. The fraction of sp³-hybridized carbons (Fsp3) is 0. The third-order valence-corrected chi connectivity index (χ3v) is 5.00. The summed E-state index contributed by atoms with van der Waals surface area (Å²) in [7, 11) is 0. The number of amides is 2. The first-order valence-corrected chi connectivity index (χ1v) is 10.1. The largest absolute Gasteiger partial charge is 0.322 e. The van der Waals surface area contributed by atoms with Crippen LogP contribution in [0.4, 0.5) is 15.9 Å². The molecule has 2 N–H and O–H groups in total. The number of anilines is 2. The number of halogens is 2. The summed E-state index contributed by atoms with van der Waals surface area (Å²) in [6.07, 6.45) is 1.36. The van der Waals surface area contributed by atoms with E-state index in [0.717, 1.165) is 4.47 Å². The van der Waals surface area contributed by atoms with Crippen LogP contribution in [0.5, 0.6) is 0 Å². The summed E-state index contributed by atoms with van der Waals surface area (Å²) in [5.41, 5.74) is 1.21. The summed E-state index contributed by atoms with van der Waals surface area (Å²) >= 11 is 3.35. The summed E-state index contributed by atoms with van der Waals surface area (Å²) < 4.78 is 16.4. The lowest BCUT2D eigenvalue weighted by Gasteiger charge is -2.12. The van der Waals surface area contributed by atoms with Crippen LogP contribution in [-0.2, 0) is 0 Å². The van der Waals surface area contributed by atoms with Gasteiger partial charge in [-0.05, 0) is 48.5 Å². The molecular formula is C23H16BrFN4O2. The highest BCUT2D eigenvalue weighted by Gasteiger charge is 2.22. The zero-order valence-corrected chi connectivity index (χ0v) is 17.6. The Bertz CT molecular complexity index is 1240. The van der Waals surface area contributed by atoms with Crippen molar-refractivity contribution in [3.63, 3.8) is 0 Å². The Morgan fingerprint density at radius 2 is 1.45 bits per heavy atom. The van der Waals surface area contributed by atoms with Crippen molar-refractivity contribution in [2.45, 2.75) is 0 Å². The van der Waals surface area contributed by atoms with Crippen LogP contribution in [0.15, 0.2) is 89.5 Å². The number of para-hydroxylation sites is 1. The molecule has 0 aliphatic carbocycles. The SMILES string of the molecule is O=C(Nc1c(C(=O)Nc2ccc(Br)cc2)cnn1-c1ccccc1)c1ccccc1F. The van der Waals surface area contributed by atoms with Gasteiger partial charge in [-0.1, -0.05) is 46.3 Å². The molecular weight excluding hydrogens is 463 g/mol. The van der Waals surface area contributed by atoms with Crippen LogP contribution in [0.1, 0.15) is 20.7 Å². The van der Waals surface area contributed by atoms with Crippen molar-refractivity contribution < 1.29 is 14.0 Å². The molecule has 6 nitrogen and oxygen atoms in total. The maximum atomic E-state index is 14.1. The third kappa shape index (κ3) is 4.54. The Labute approximate surface area is 185 Å². The lowest BCUT2D eigenvalue weighted by Crippen LogP contribution is -2.20. The van der Waals surface area contributed by atoms with Crippen molar-refractivity contribution in [1.82, 2.24) is 9.78 Å². The molecule has 0 bridgehead atoms. The van der Waals surface area contributed by atoms with Gasteiger partial charge in [-0.2, -0.15) is 5.10 Å². The van der Waals surface area contributed by atoms with E-state index in [1.807, 2.05) is 6.07 Å². The molecule has 4 aromatic rings. The Balaban J connectivity index is 1.71. The summed E-state index contributed by atoms with van der Waals surface area (Å²) in [6.45, 7) is 0. The van der Waals surface area contributed by atoms with Crippen LogP contribution in [0, 0.1) is 5.82 Å². The average molecular weight is 479 g/mol. The monoisotopic (exact) mass is 478 g/mol. The maximum Gasteiger partial charge on any atom is 0.261 e. The van der Waals surface area contributed by atoms with E-state index in [2.05, 4.69) is 31.7 Å². The molecule has 3 aromatic carbocycles. The van der Waals surface area contributed by atoms with Crippen molar-refractivity contribution in [2.24, 2.45) is 0 Å². The number of aromatic nitrogens is 2. The number of carbonyl (C=O) groups excluding carboxylic acids is 2. The molecule has 0 fully saturated rings. The van der Waals surface area contributed by atoms with E-state index in [4.69, 9.17) is 0 Å². The molecule has 1 aromatic heterocycles. The standard InChI is InChI=1S/C23H16BrFN4O2/c24-15-10-12-16(13-11-15)27-23(31)19-14-26-29(17-6-2-1-3-7-17)21(19)28-22(30)18-8-4-5-9-20(18)25/h1-14H,(H,27,31)(H,28,30). The van der Waals surface area contributed by atoms with Gasteiger partial charge in [0.15, 0.2) is 0 Å². The average Bonchev–Trinajstić information content (AvgIpc) is 3.20. The molecule has 154 valence electrons. The minimum Gasteiger partial charge on any atom is -0.322 e. The smallest absolute Gasteiger partial charge is 0.261 e. The Morgan fingerprint density at radius 1 is 0.806 bits per heavy atom. The van der Waals surface area contributed by atoms with Gasteiger partial charge < -0.3 is 10.6 Å². The van der Waals surface area contributed by atoms with Gasteiger partial charge in [0.05, 0.1) is 17.4 Å². The van der Waals surface area contributed by atoms with Crippen LogP contribution in [0.25, 0.3) is 5.69 Å². The predicted octanol–water partition coefficient (Wildman–Crippen LogP) is 5.28. The van der Waals surface area contributed by atoms with E-state index in [9.17, 15) is 14.0 Å². The molecule has 1 heterocycles. The fourth-order valence-corrected chi connectivity index (χ4v) is 3.22. The molecule has 0 spiro atoms. The zero-order chi connectivity index (χ0) is 21.8. The summed E-state index contributed by atoms with van der Waals surface area (Å²) in [5, 5.41) is 9.69. The first-order valence-electron chi connectivity index (χ1n) is 9.29. The van der Waals surface area contributed by atoms with Gasteiger partial charge in [0.2, 0.25) is 0 Å². The van der Waals surface area contributed by atoms with E-state index in [0.29, 0.717) is 11.4 Å². The van der Waals surface area contributed by atoms with Gasteiger partial charge in [-0.3, -0.25) is 9.59 Å². The molecule has 0 atom stereocenters. The van der Waals surface area contributed by atoms with E-state index in [-0.39, 0.29) is 16.9 Å². The van der Waals surface area contributed by atoms with Crippen molar-refractivity contribution in [2.75, 3.05) is 10.6 Å². The second kappa shape index (κ2) is 8.93. The Morgan fingerprint density at radius 3 is 2.16 bits per heavy atom. The van der Waals surface area contributed by atoms with E-state index in [1.54, 1.807) is 54.6 Å². The van der Waals surface area contributed by atoms with Crippen LogP contribution in [0.3, 0.4) is 0 Å². The van der Waals surface area contributed by atoms with Gasteiger partial charge in [0.25, 0.3) is 11.8 Å².